The molecule has 0 bridgehead atoms. The number of hydrogen-bond donors (Lipinski definition) is 1. The van der Waals surface area contributed by atoms with Crippen LogP contribution in [0.4, 0.5) is 0 Å². The average Bonchev–Trinajstić information content (AvgIpc) is 2.42. The van der Waals surface area contributed by atoms with Gasteiger partial charge in [-0.15, -0.1) is 0 Å². The number of ether oxygens (including phenoxy) is 2. The van der Waals surface area contributed by atoms with E-state index in [9.17, 15) is 0 Å². The van der Waals surface area contributed by atoms with Gasteiger partial charge in [-0.05, 0) is 75.9 Å². The zero-order chi connectivity index (χ0) is 15.1. The molecule has 1 N–H and O–H groups in total. The van der Waals surface area contributed by atoms with Crippen LogP contribution in [-0.2, 0) is 0 Å². The van der Waals surface area contributed by atoms with Gasteiger partial charge in [0.15, 0.2) is 0 Å². The predicted molar refractivity (Wildman–Crippen MR) is 87.1 cm³/mol. The molecule has 3 nitrogen and oxygen atoms in total. The molecule has 1 aromatic rings. The third-order valence-corrected chi connectivity index (χ3v) is 4.04. The van der Waals surface area contributed by atoms with E-state index in [1.807, 2.05) is 31.2 Å². The second-order valence-corrected chi connectivity index (χ2v) is 6.39. The van der Waals surface area contributed by atoms with Crippen LogP contribution in [0.15, 0.2) is 24.3 Å². The van der Waals surface area contributed by atoms with E-state index in [1.165, 1.54) is 19.3 Å². The van der Waals surface area contributed by atoms with Crippen LogP contribution in [0, 0.1) is 5.92 Å². The van der Waals surface area contributed by atoms with Gasteiger partial charge in [-0.1, -0.05) is 13.8 Å². The molecule has 0 amide bonds. The van der Waals surface area contributed by atoms with Crippen LogP contribution in [0.5, 0.6) is 11.5 Å². The highest BCUT2D eigenvalue weighted by Crippen LogP contribution is 2.39. The lowest BCUT2D eigenvalue weighted by Gasteiger charge is -2.42. The van der Waals surface area contributed by atoms with Gasteiger partial charge in [0.05, 0.1) is 6.61 Å². The molecule has 2 rings (SSSR count). The van der Waals surface area contributed by atoms with Crippen LogP contribution >= 0.6 is 0 Å². The van der Waals surface area contributed by atoms with Gasteiger partial charge in [0, 0.05) is 0 Å². The Balaban J connectivity index is 1.83. The third kappa shape index (κ3) is 4.92. The molecule has 0 heterocycles. The molecule has 1 aliphatic carbocycles. The van der Waals surface area contributed by atoms with E-state index in [4.69, 9.17) is 9.47 Å². The largest absolute Gasteiger partial charge is 0.494 e. The number of hydrogen-bond acceptors (Lipinski definition) is 3. The maximum absolute atomic E-state index is 6.28. The second-order valence-electron chi connectivity index (χ2n) is 6.39. The lowest BCUT2D eigenvalue weighted by Crippen LogP contribution is -2.45. The maximum atomic E-state index is 6.28. The molecule has 1 aliphatic rings. The quantitative estimate of drug-likeness (QED) is 0.697. The number of benzene rings is 1. The lowest BCUT2D eigenvalue weighted by atomic mass is 9.77. The van der Waals surface area contributed by atoms with Crippen molar-refractivity contribution in [3.63, 3.8) is 0 Å². The van der Waals surface area contributed by atoms with Crippen molar-refractivity contribution in [2.24, 2.45) is 5.92 Å². The van der Waals surface area contributed by atoms with Crippen molar-refractivity contribution in [3.8, 4) is 11.5 Å². The van der Waals surface area contributed by atoms with Gasteiger partial charge in [-0.3, -0.25) is 0 Å². The minimum absolute atomic E-state index is 0.0527. The molecule has 118 valence electrons. The first-order valence-electron chi connectivity index (χ1n) is 8.26. The summed E-state index contributed by atoms with van der Waals surface area (Å²) in [7, 11) is 0. The van der Waals surface area contributed by atoms with Crippen molar-refractivity contribution in [2.45, 2.75) is 52.1 Å². The normalized spacial score (nSPS) is 16.6. The first-order chi connectivity index (χ1) is 10.1. The Labute approximate surface area is 129 Å². The molecule has 1 fully saturated rings. The summed E-state index contributed by atoms with van der Waals surface area (Å²) < 4.78 is 11.8. The molecule has 1 aromatic carbocycles. The Morgan fingerprint density at radius 1 is 1.14 bits per heavy atom. The summed E-state index contributed by atoms with van der Waals surface area (Å²) in [6.45, 7) is 9.29. The van der Waals surface area contributed by atoms with Gasteiger partial charge in [-0.25, -0.2) is 0 Å². The van der Waals surface area contributed by atoms with Crippen molar-refractivity contribution in [1.82, 2.24) is 5.32 Å². The molecule has 21 heavy (non-hydrogen) atoms. The fraction of sp³-hybridized carbons (Fsp3) is 0.667. The topological polar surface area (TPSA) is 30.5 Å². The molecule has 0 unspecified atom stereocenters. The molecular formula is C18H29NO2. The van der Waals surface area contributed by atoms with Crippen LogP contribution in [0.25, 0.3) is 0 Å². The van der Waals surface area contributed by atoms with Gasteiger partial charge in [0.25, 0.3) is 0 Å². The van der Waals surface area contributed by atoms with E-state index < -0.39 is 0 Å². The van der Waals surface area contributed by atoms with Gasteiger partial charge >= 0.3 is 0 Å². The summed E-state index contributed by atoms with van der Waals surface area (Å²) >= 11 is 0. The molecule has 3 heteroatoms. The third-order valence-electron chi connectivity index (χ3n) is 4.04. The highest BCUT2D eigenvalue weighted by molar-refractivity contribution is 5.32. The van der Waals surface area contributed by atoms with Gasteiger partial charge < -0.3 is 14.8 Å². The van der Waals surface area contributed by atoms with E-state index in [-0.39, 0.29) is 5.60 Å². The van der Waals surface area contributed by atoms with Crippen LogP contribution in [0.1, 0.15) is 46.5 Å². The standard InChI is InChI=1S/C18H29NO2/c1-4-20-16-6-8-17(9-7-16)21-18(10-5-11-18)12-13-19-14-15(2)3/h6-9,15,19H,4-5,10-14H2,1-3H3. The van der Waals surface area contributed by atoms with Crippen molar-refractivity contribution < 1.29 is 9.47 Å². The SMILES string of the molecule is CCOc1ccc(OC2(CCNCC(C)C)CCC2)cc1. The second kappa shape index (κ2) is 7.69. The monoisotopic (exact) mass is 291 g/mol. The van der Waals surface area contributed by atoms with E-state index >= 15 is 0 Å². The van der Waals surface area contributed by atoms with Crippen molar-refractivity contribution in [3.05, 3.63) is 24.3 Å². The Kier molecular flexibility index (Phi) is 5.92. The van der Waals surface area contributed by atoms with Crippen LogP contribution in [-0.4, -0.2) is 25.3 Å². The summed E-state index contributed by atoms with van der Waals surface area (Å²) in [5, 5.41) is 3.52. The van der Waals surface area contributed by atoms with Crippen LogP contribution in [0.3, 0.4) is 0 Å². The Morgan fingerprint density at radius 3 is 2.33 bits per heavy atom. The summed E-state index contributed by atoms with van der Waals surface area (Å²) in [5.41, 5.74) is 0.0527. The molecule has 0 aromatic heterocycles. The Hall–Kier alpha value is -1.22. The van der Waals surface area contributed by atoms with Crippen molar-refractivity contribution in [1.29, 1.82) is 0 Å². The fourth-order valence-electron chi connectivity index (χ4n) is 2.70. The van der Waals surface area contributed by atoms with Crippen LogP contribution < -0.4 is 14.8 Å². The molecule has 0 spiro atoms. The first-order valence-corrected chi connectivity index (χ1v) is 8.26. The summed E-state index contributed by atoms with van der Waals surface area (Å²) in [6, 6.07) is 8.02. The molecule has 0 atom stereocenters. The first kappa shape index (κ1) is 16.2. The highest BCUT2D eigenvalue weighted by Gasteiger charge is 2.38. The fourth-order valence-corrected chi connectivity index (χ4v) is 2.70. The number of rotatable bonds is 9. The summed E-state index contributed by atoms with van der Waals surface area (Å²) in [5.74, 6) is 2.57. The van der Waals surface area contributed by atoms with Gasteiger partial charge in [-0.2, -0.15) is 0 Å². The summed E-state index contributed by atoms with van der Waals surface area (Å²) in [6.07, 6.45) is 4.71. The van der Waals surface area contributed by atoms with E-state index in [0.29, 0.717) is 12.5 Å². The van der Waals surface area contributed by atoms with E-state index in [2.05, 4.69) is 19.2 Å². The zero-order valence-electron chi connectivity index (χ0n) is 13.7. The Bertz CT molecular complexity index is 410. The lowest BCUT2D eigenvalue weighted by molar-refractivity contribution is -0.0143. The average molecular weight is 291 g/mol. The molecule has 0 aliphatic heterocycles. The van der Waals surface area contributed by atoms with E-state index in [1.54, 1.807) is 0 Å². The van der Waals surface area contributed by atoms with Crippen molar-refractivity contribution in [2.75, 3.05) is 19.7 Å². The van der Waals surface area contributed by atoms with Gasteiger partial charge in [0.2, 0.25) is 0 Å². The Morgan fingerprint density at radius 2 is 1.81 bits per heavy atom. The maximum Gasteiger partial charge on any atom is 0.120 e. The van der Waals surface area contributed by atoms with Gasteiger partial charge in [0.1, 0.15) is 17.1 Å². The molecule has 0 saturated heterocycles. The van der Waals surface area contributed by atoms with Crippen molar-refractivity contribution >= 4 is 0 Å². The smallest absolute Gasteiger partial charge is 0.120 e. The number of nitrogens with one attached hydrogen (secondary N) is 1. The predicted octanol–water partition coefficient (Wildman–Crippen LogP) is 4.02. The highest BCUT2D eigenvalue weighted by atomic mass is 16.5. The minimum atomic E-state index is 0.0527. The molecule has 1 saturated carbocycles. The summed E-state index contributed by atoms with van der Waals surface area (Å²) in [4.78, 5) is 0. The van der Waals surface area contributed by atoms with Crippen LogP contribution in [0.2, 0.25) is 0 Å². The van der Waals surface area contributed by atoms with E-state index in [0.717, 1.165) is 31.0 Å². The molecule has 0 radical (unpaired) electrons. The minimum Gasteiger partial charge on any atom is -0.494 e. The zero-order valence-corrected chi connectivity index (χ0v) is 13.7. The molecular weight excluding hydrogens is 262 g/mol.